The molecule has 1 aromatic carbocycles. The summed E-state index contributed by atoms with van der Waals surface area (Å²) in [6, 6.07) is 4.05. The largest absolute Gasteiger partial charge is 0.399 e. The van der Waals surface area contributed by atoms with Crippen LogP contribution in [0.5, 0.6) is 0 Å². The minimum atomic E-state index is -1.35. The Kier molecular flexibility index (Phi) is 3.46. The molecule has 15 heavy (non-hydrogen) atoms. The number of nitrogens with two attached hydrogens (primary N) is 2. The first kappa shape index (κ1) is 11.3. The summed E-state index contributed by atoms with van der Waals surface area (Å²) >= 11 is 0. The SMILES string of the molecule is NC(=O)C(O)CNc1ccc(N)cc1F. The van der Waals surface area contributed by atoms with Crippen molar-refractivity contribution in [2.45, 2.75) is 6.10 Å². The van der Waals surface area contributed by atoms with Gasteiger partial charge in [0, 0.05) is 12.2 Å². The Morgan fingerprint density at radius 3 is 2.80 bits per heavy atom. The molecule has 1 amide bonds. The smallest absolute Gasteiger partial charge is 0.248 e. The molecular weight excluding hydrogens is 201 g/mol. The molecule has 0 bridgehead atoms. The number of primary amides is 1. The normalized spacial score (nSPS) is 12.1. The van der Waals surface area contributed by atoms with Gasteiger partial charge in [-0.3, -0.25) is 4.79 Å². The van der Waals surface area contributed by atoms with Crippen LogP contribution < -0.4 is 16.8 Å². The fourth-order valence-corrected chi connectivity index (χ4v) is 0.982. The van der Waals surface area contributed by atoms with Crippen LogP contribution in [0.3, 0.4) is 0 Å². The number of hydrogen-bond acceptors (Lipinski definition) is 4. The number of hydrogen-bond donors (Lipinski definition) is 4. The maximum absolute atomic E-state index is 13.2. The third-order valence-corrected chi connectivity index (χ3v) is 1.81. The minimum Gasteiger partial charge on any atom is -0.399 e. The summed E-state index contributed by atoms with van der Waals surface area (Å²) in [4.78, 5) is 10.5. The molecule has 0 saturated heterocycles. The molecule has 0 aliphatic heterocycles. The van der Waals surface area contributed by atoms with Crippen LogP contribution in [0.25, 0.3) is 0 Å². The summed E-state index contributed by atoms with van der Waals surface area (Å²) in [5.41, 5.74) is 10.6. The highest BCUT2D eigenvalue weighted by Gasteiger charge is 2.11. The molecule has 0 aromatic heterocycles. The van der Waals surface area contributed by atoms with E-state index in [9.17, 15) is 9.18 Å². The molecule has 1 unspecified atom stereocenters. The van der Waals surface area contributed by atoms with E-state index in [-0.39, 0.29) is 12.2 Å². The number of nitrogen functional groups attached to an aromatic ring is 1. The fourth-order valence-electron chi connectivity index (χ4n) is 0.982. The Morgan fingerprint density at radius 1 is 1.60 bits per heavy atom. The van der Waals surface area contributed by atoms with Crippen molar-refractivity contribution in [3.05, 3.63) is 24.0 Å². The van der Waals surface area contributed by atoms with E-state index in [2.05, 4.69) is 5.32 Å². The molecule has 6 N–H and O–H groups in total. The summed E-state index contributed by atoms with van der Waals surface area (Å²) < 4.78 is 13.2. The molecule has 0 heterocycles. The van der Waals surface area contributed by atoms with E-state index < -0.39 is 17.8 Å². The first-order chi connectivity index (χ1) is 7.00. The van der Waals surface area contributed by atoms with Gasteiger partial charge >= 0.3 is 0 Å². The topological polar surface area (TPSA) is 101 Å². The highest BCUT2D eigenvalue weighted by molar-refractivity contribution is 5.79. The molecule has 82 valence electrons. The third kappa shape index (κ3) is 3.10. The number of benzene rings is 1. The summed E-state index contributed by atoms with van der Waals surface area (Å²) in [7, 11) is 0. The highest BCUT2D eigenvalue weighted by atomic mass is 19.1. The molecule has 0 aliphatic carbocycles. The quantitative estimate of drug-likeness (QED) is 0.514. The summed E-state index contributed by atoms with van der Waals surface area (Å²) in [6.07, 6.45) is -1.35. The lowest BCUT2D eigenvalue weighted by Gasteiger charge is -2.10. The maximum Gasteiger partial charge on any atom is 0.248 e. The van der Waals surface area contributed by atoms with Crippen LogP contribution in [0.4, 0.5) is 15.8 Å². The molecule has 5 nitrogen and oxygen atoms in total. The van der Waals surface area contributed by atoms with Gasteiger partial charge in [0.2, 0.25) is 5.91 Å². The van der Waals surface area contributed by atoms with Gasteiger partial charge in [0.05, 0.1) is 5.69 Å². The summed E-state index contributed by atoms with van der Waals surface area (Å²) in [5, 5.41) is 11.6. The van der Waals surface area contributed by atoms with Gasteiger partial charge in [0.25, 0.3) is 0 Å². The van der Waals surface area contributed by atoms with Gasteiger partial charge in [0.1, 0.15) is 11.9 Å². The number of amides is 1. The van der Waals surface area contributed by atoms with Gasteiger partial charge < -0.3 is 21.9 Å². The third-order valence-electron chi connectivity index (χ3n) is 1.81. The average molecular weight is 213 g/mol. The van der Waals surface area contributed by atoms with Crippen molar-refractivity contribution in [2.24, 2.45) is 5.73 Å². The first-order valence-corrected chi connectivity index (χ1v) is 4.27. The standard InChI is InChI=1S/C9H12FN3O2/c10-6-3-5(11)1-2-7(6)13-4-8(14)9(12)15/h1-3,8,13-14H,4,11H2,(H2,12,15). The Labute approximate surface area is 85.9 Å². The highest BCUT2D eigenvalue weighted by Crippen LogP contribution is 2.16. The molecule has 6 heteroatoms. The molecule has 0 spiro atoms. The van der Waals surface area contributed by atoms with Crippen molar-refractivity contribution in [3.8, 4) is 0 Å². The lowest BCUT2D eigenvalue weighted by molar-refractivity contribution is -0.125. The lowest BCUT2D eigenvalue weighted by Crippen LogP contribution is -2.34. The minimum absolute atomic E-state index is 0.143. The predicted octanol–water partition coefficient (Wildman–Crippen LogP) is -0.334. The van der Waals surface area contributed by atoms with Gasteiger partial charge in [-0.1, -0.05) is 0 Å². The number of nitrogens with one attached hydrogen (secondary N) is 1. The van der Waals surface area contributed by atoms with Gasteiger partial charge in [-0.05, 0) is 18.2 Å². The number of aliphatic hydroxyl groups is 1. The van der Waals surface area contributed by atoms with Crippen LogP contribution in [0.15, 0.2) is 18.2 Å². The van der Waals surface area contributed by atoms with E-state index in [4.69, 9.17) is 16.6 Å². The Bertz CT molecular complexity index is 370. The molecule has 0 fully saturated rings. The van der Waals surface area contributed by atoms with Crippen LogP contribution in [-0.4, -0.2) is 23.7 Å². The van der Waals surface area contributed by atoms with Crippen molar-refractivity contribution in [3.63, 3.8) is 0 Å². The Morgan fingerprint density at radius 2 is 2.27 bits per heavy atom. The van der Waals surface area contributed by atoms with Crippen LogP contribution >= 0.6 is 0 Å². The zero-order chi connectivity index (χ0) is 11.4. The number of carbonyl (C=O) groups excluding carboxylic acids is 1. The van der Waals surface area contributed by atoms with Crippen molar-refractivity contribution >= 4 is 17.3 Å². The second-order valence-corrected chi connectivity index (χ2v) is 3.04. The van der Waals surface area contributed by atoms with E-state index in [0.29, 0.717) is 5.69 Å². The van der Waals surface area contributed by atoms with Crippen LogP contribution in [0.2, 0.25) is 0 Å². The lowest BCUT2D eigenvalue weighted by atomic mass is 10.2. The number of aliphatic hydroxyl groups excluding tert-OH is 1. The van der Waals surface area contributed by atoms with E-state index >= 15 is 0 Å². The van der Waals surface area contributed by atoms with Crippen molar-refractivity contribution < 1.29 is 14.3 Å². The second kappa shape index (κ2) is 4.61. The van der Waals surface area contributed by atoms with Gasteiger partial charge in [0.15, 0.2) is 0 Å². The van der Waals surface area contributed by atoms with Crippen molar-refractivity contribution in [1.29, 1.82) is 0 Å². The number of anilines is 2. The van der Waals surface area contributed by atoms with E-state index in [0.717, 1.165) is 6.07 Å². The van der Waals surface area contributed by atoms with Crippen molar-refractivity contribution in [1.82, 2.24) is 0 Å². The predicted molar refractivity (Wildman–Crippen MR) is 54.5 cm³/mol. The summed E-state index contributed by atoms with van der Waals surface area (Å²) in [6.45, 7) is -0.143. The van der Waals surface area contributed by atoms with Crippen LogP contribution in [0, 0.1) is 5.82 Å². The average Bonchev–Trinajstić information content (AvgIpc) is 2.15. The van der Waals surface area contributed by atoms with Gasteiger partial charge in [-0.15, -0.1) is 0 Å². The molecular formula is C9H12FN3O2. The van der Waals surface area contributed by atoms with Crippen LogP contribution in [-0.2, 0) is 4.79 Å². The fraction of sp³-hybridized carbons (Fsp3) is 0.222. The van der Waals surface area contributed by atoms with Gasteiger partial charge in [-0.25, -0.2) is 4.39 Å². The van der Waals surface area contributed by atoms with E-state index in [1.54, 1.807) is 0 Å². The zero-order valence-electron chi connectivity index (χ0n) is 7.90. The van der Waals surface area contributed by atoms with E-state index in [1.165, 1.54) is 12.1 Å². The second-order valence-electron chi connectivity index (χ2n) is 3.04. The number of rotatable bonds is 4. The molecule has 0 aliphatic rings. The molecule has 0 radical (unpaired) electrons. The molecule has 0 saturated carbocycles. The summed E-state index contributed by atoms with van der Waals surface area (Å²) in [5.74, 6) is -1.41. The maximum atomic E-state index is 13.2. The Hall–Kier alpha value is -1.82. The molecule has 1 rings (SSSR count). The molecule has 1 aromatic rings. The van der Waals surface area contributed by atoms with E-state index in [1.807, 2.05) is 0 Å². The van der Waals surface area contributed by atoms with Crippen molar-refractivity contribution in [2.75, 3.05) is 17.6 Å². The zero-order valence-corrected chi connectivity index (χ0v) is 7.90. The number of halogens is 1. The Balaban J connectivity index is 2.62. The molecule has 1 atom stereocenters. The van der Waals surface area contributed by atoms with Gasteiger partial charge in [-0.2, -0.15) is 0 Å². The first-order valence-electron chi connectivity index (χ1n) is 4.27. The van der Waals surface area contributed by atoms with Crippen LogP contribution in [0.1, 0.15) is 0 Å². The monoisotopic (exact) mass is 213 g/mol. The number of carbonyl (C=O) groups is 1.